The van der Waals surface area contributed by atoms with E-state index in [1.807, 2.05) is 0 Å². The number of nitrogens with one attached hydrogen (secondary N) is 1. The van der Waals surface area contributed by atoms with Crippen LogP contribution in [0.5, 0.6) is 0 Å². The number of hydrogen-bond acceptors (Lipinski definition) is 3. The molecule has 0 radical (unpaired) electrons. The van der Waals surface area contributed by atoms with E-state index >= 15 is 0 Å². The first-order valence-corrected chi connectivity index (χ1v) is 8.73. The molecule has 1 amide bonds. The van der Waals surface area contributed by atoms with E-state index in [1.165, 1.54) is 25.7 Å². The molecule has 5 heteroatoms. The van der Waals surface area contributed by atoms with Gasteiger partial charge in [0.25, 0.3) is 0 Å². The Morgan fingerprint density at radius 2 is 1.82 bits per heavy atom. The van der Waals surface area contributed by atoms with Gasteiger partial charge in [0.1, 0.15) is 0 Å². The zero-order valence-corrected chi connectivity index (χ0v) is 13.0. The Kier molecular flexibility index (Phi) is 3.44. The highest BCUT2D eigenvalue weighted by Crippen LogP contribution is 2.50. The molecule has 2 N–H and O–H groups in total. The summed E-state index contributed by atoms with van der Waals surface area (Å²) in [6.07, 6.45) is 6.31. The highest BCUT2D eigenvalue weighted by atomic mass is 16.5. The summed E-state index contributed by atoms with van der Waals surface area (Å²) >= 11 is 0. The Balaban J connectivity index is 1.42. The number of aliphatic carboxylic acids is 1. The van der Waals surface area contributed by atoms with Gasteiger partial charge in [-0.1, -0.05) is 6.42 Å². The molecular weight excluding hydrogens is 282 g/mol. The monoisotopic (exact) mass is 307 g/mol. The number of rotatable bonds is 4. The Morgan fingerprint density at radius 1 is 1.09 bits per heavy atom. The van der Waals surface area contributed by atoms with Crippen molar-refractivity contribution in [1.82, 2.24) is 5.32 Å². The van der Waals surface area contributed by atoms with E-state index in [0.29, 0.717) is 5.92 Å². The van der Waals surface area contributed by atoms with Crippen LogP contribution in [-0.2, 0) is 14.3 Å². The van der Waals surface area contributed by atoms with Crippen LogP contribution in [-0.4, -0.2) is 35.2 Å². The summed E-state index contributed by atoms with van der Waals surface area (Å²) < 4.78 is 5.69. The van der Waals surface area contributed by atoms with E-state index in [1.54, 1.807) is 0 Å². The van der Waals surface area contributed by atoms with Crippen LogP contribution in [0.1, 0.15) is 45.4 Å². The average molecular weight is 307 g/mol. The van der Waals surface area contributed by atoms with Crippen molar-refractivity contribution >= 4 is 11.9 Å². The van der Waals surface area contributed by atoms with E-state index in [4.69, 9.17) is 4.74 Å². The topological polar surface area (TPSA) is 75.6 Å². The molecule has 0 aromatic carbocycles. The second kappa shape index (κ2) is 5.22. The predicted molar refractivity (Wildman–Crippen MR) is 79.1 cm³/mol. The fraction of sp³-hybridized carbons (Fsp3) is 0.882. The van der Waals surface area contributed by atoms with Gasteiger partial charge >= 0.3 is 5.97 Å². The van der Waals surface area contributed by atoms with Crippen molar-refractivity contribution in [3.05, 3.63) is 0 Å². The molecule has 2 aliphatic heterocycles. The molecule has 5 nitrogen and oxygen atoms in total. The summed E-state index contributed by atoms with van der Waals surface area (Å²) in [6.45, 7) is 2.09. The largest absolute Gasteiger partial charge is 0.481 e. The van der Waals surface area contributed by atoms with Crippen molar-refractivity contribution < 1.29 is 19.4 Å². The van der Waals surface area contributed by atoms with E-state index in [-0.39, 0.29) is 24.2 Å². The van der Waals surface area contributed by atoms with Crippen molar-refractivity contribution in [2.75, 3.05) is 0 Å². The maximum atomic E-state index is 12.7. The predicted octanol–water partition coefficient (Wildman–Crippen LogP) is 1.81. The van der Waals surface area contributed by atoms with Crippen molar-refractivity contribution in [3.63, 3.8) is 0 Å². The SMILES string of the molecule is C[C@H](NC(=O)[C@H]1[C@@H](C(=O)O)[C@H]2CC[C@@H]1O2)[C@@H]1C[C@@H]2CC[C@@H]1C2. The summed E-state index contributed by atoms with van der Waals surface area (Å²) in [7, 11) is 0. The molecule has 8 atom stereocenters. The number of ether oxygens (including phenoxy) is 1. The number of carbonyl (C=O) groups excluding carboxylic acids is 1. The number of carbonyl (C=O) groups is 2. The van der Waals surface area contributed by atoms with E-state index in [2.05, 4.69) is 12.2 Å². The lowest BCUT2D eigenvalue weighted by Crippen LogP contribution is -2.48. The molecule has 2 saturated carbocycles. The van der Waals surface area contributed by atoms with E-state index in [0.717, 1.165) is 24.7 Å². The second-order valence-electron chi connectivity index (χ2n) is 7.82. The van der Waals surface area contributed by atoms with Gasteiger partial charge in [-0.2, -0.15) is 0 Å². The Bertz CT molecular complexity index is 493. The molecule has 4 bridgehead atoms. The molecule has 2 aliphatic carbocycles. The number of carboxylic acid groups (broad SMARTS) is 1. The Morgan fingerprint density at radius 3 is 2.41 bits per heavy atom. The minimum absolute atomic E-state index is 0.102. The quantitative estimate of drug-likeness (QED) is 0.830. The summed E-state index contributed by atoms with van der Waals surface area (Å²) in [5.74, 6) is 0.0300. The summed E-state index contributed by atoms with van der Waals surface area (Å²) in [4.78, 5) is 24.2. The molecule has 0 unspecified atom stereocenters. The molecule has 4 rings (SSSR count). The molecule has 122 valence electrons. The molecular formula is C17H25NO4. The lowest BCUT2D eigenvalue weighted by molar-refractivity contribution is -0.148. The van der Waals surface area contributed by atoms with Crippen LogP contribution in [0.2, 0.25) is 0 Å². The zero-order valence-electron chi connectivity index (χ0n) is 13.0. The minimum Gasteiger partial charge on any atom is -0.481 e. The number of fused-ring (bicyclic) bond motifs is 4. The molecule has 2 saturated heterocycles. The van der Waals surface area contributed by atoms with Crippen molar-refractivity contribution in [1.29, 1.82) is 0 Å². The molecule has 2 heterocycles. The summed E-state index contributed by atoms with van der Waals surface area (Å²) in [5, 5.41) is 12.6. The number of amides is 1. The van der Waals surface area contributed by atoms with Crippen LogP contribution in [0, 0.1) is 29.6 Å². The van der Waals surface area contributed by atoms with Gasteiger partial charge < -0.3 is 15.2 Å². The third kappa shape index (κ3) is 2.16. The maximum Gasteiger partial charge on any atom is 0.310 e. The number of hydrogen-bond donors (Lipinski definition) is 2. The third-order valence-electron chi connectivity index (χ3n) is 6.67. The van der Waals surface area contributed by atoms with Gasteiger partial charge in [0.05, 0.1) is 24.0 Å². The van der Waals surface area contributed by atoms with Crippen LogP contribution in [0.3, 0.4) is 0 Å². The lowest BCUT2D eigenvalue weighted by atomic mass is 9.78. The smallest absolute Gasteiger partial charge is 0.310 e. The molecule has 4 fully saturated rings. The standard InChI is InChI=1S/C17H25NO4/c1-8(11-7-9-2-3-10(11)6-9)18-16(19)14-12-4-5-13(22-12)15(14)17(20)21/h8-15H,2-7H2,1H3,(H,18,19)(H,20,21)/t8-,9+,10+,11-,12-,13+,14+,15-/m0/s1. The Hall–Kier alpha value is -1.10. The molecule has 0 aromatic rings. The van der Waals surface area contributed by atoms with Gasteiger partial charge in [0.2, 0.25) is 5.91 Å². The summed E-state index contributed by atoms with van der Waals surface area (Å²) in [5.41, 5.74) is 0. The highest BCUT2D eigenvalue weighted by Gasteiger charge is 2.56. The van der Waals surface area contributed by atoms with Crippen LogP contribution >= 0.6 is 0 Å². The first-order chi connectivity index (χ1) is 10.5. The third-order valence-corrected chi connectivity index (χ3v) is 6.67. The van der Waals surface area contributed by atoms with Gasteiger partial charge in [-0.3, -0.25) is 9.59 Å². The zero-order chi connectivity index (χ0) is 15.4. The van der Waals surface area contributed by atoms with Gasteiger partial charge in [-0.25, -0.2) is 0 Å². The van der Waals surface area contributed by atoms with Crippen LogP contribution in [0.15, 0.2) is 0 Å². The van der Waals surface area contributed by atoms with Crippen molar-refractivity contribution in [2.24, 2.45) is 29.6 Å². The van der Waals surface area contributed by atoms with Crippen molar-refractivity contribution in [3.8, 4) is 0 Å². The Labute approximate surface area is 130 Å². The number of carboxylic acids is 1. The average Bonchev–Trinajstić information content (AvgIpc) is 3.24. The summed E-state index contributed by atoms with van der Waals surface area (Å²) in [6, 6.07) is 0.149. The first-order valence-electron chi connectivity index (χ1n) is 8.73. The molecule has 22 heavy (non-hydrogen) atoms. The van der Waals surface area contributed by atoms with Gasteiger partial charge in [0.15, 0.2) is 0 Å². The first kappa shape index (κ1) is 14.5. The molecule has 0 spiro atoms. The van der Waals surface area contributed by atoms with Crippen LogP contribution in [0.25, 0.3) is 0 Å². The van der Waals surface area contributed by atoms with Gasteiger partial charge in [-0.05, 0) is 56.8 Å². The fourth-order valence-corrected chi connectivity index (χ4v) is 5.66. The van der Waals surface area contributed by atoms with E-state index in [9.17, 15) is 14.7 Å². The maximum absolute atomic E-state index is 12.7. The van der Waals surface area contributed by atoms with Crippen molar-refractivity contribution in [2.45, 2.75) is 63.7 Å². The second-order valence-corrected chi connectivity index (χ2v) is 7.82. The van der Waals surface area contributed by atoms with Gasteiger partial charge in [-0.15, -0.1) is 0 Å². The van der Waals surface area contributed by atoms with Crippen LogP contribution in [0.4, 0.5) is 0 Å². The van der Waals surface area contributed by atoms with Gasteiger partial charge in [0, 0.05) is 6.04 Å². The molecule has 0 aromatic heterocycles. The fourth-order valence-electron chi connectivity index (χ4n) is 5.66. The highest BCUT2D eigenvalue weighted by molar-refractivity contribution is 5.86. The van der Waals surface area contributed by atoms with Crippen LogP contribution < -0.4 is 5.32 Å². The lowest BCUT2D eigenvalue weighted by Gasteiger charge is -2.31. The van der Waals surface area contributed by atoms with E-state index < -0.39 is 17.8 Å². The molecule has 4 aliphatic rings. The normalized spacial score (nSPS) is 46.9. The minimum atomic E-state index is -0.889.